The number of methoxy groups -OCH3 is 2. The van der Waals surface area contributed by atoms with Crippen molar-refractivity contribution in [1.29, 1.82) is 0 Å². The third kappa shape index (κ3) is 5.43. The summed E-state index contributed by atoms with van der Waals surface area (Å²) in [6.07, 6.45) is -1.03. The minimum atomic E-state index is -4.80. The standard InChI is InChI=1S/C26H26F4N4O4/c1-37-21-11-16(12-32-24(21)38-2)25(36)33-13-17(15-5-7-18(27)8-6-15)10-19(14-33)34-9-3-4-20(26(28,29)30)22(34)23(31)35/h3-8,11-12,17,19H,9-10,13-14H2,1-2H3,(H2,31,35)/t17-,19?/m0/s1. The van der Waals surface area contributed by atoms with Gasteiger partial charge in [-0.1, -0.05) is 18.2 Å². The second-order valence-corrected chi connectivity index (χ2v) is 8.96. The summed E-state index contributed by atoms with van der Waals surface area (Å²) in [5.41, 5.74) is 4.53. The van der Waals surface area contributed by atoms with Crippen molar-refractivity contribution >= 4 is 11.8 Å². The van der Waals surface area contributed by atoms with Gasteiger partial charge in [0.05, 0.1) is 25.4 Å². The molecular weight excluding hydrogens is 508 g/mol. The summed E-state index contributed by atoms with van der Waals surface area (Å²) in [4.78, 5) is 32.7. The number of likely N-dealkylation sites (tertiary alicyclic amines) is 1. The molecule has 0 bridgehead atoms. The minimum absolute atomic E-state index is 0.00139. The summed E-state index contributed by atoms with van der Waals surface area (Å²) < 4.78 is 65.2. The lowest BCUT2D eigenvalue weighted by atomic mass is 9.86. The molecule has 2 atom stereocenters. The van der Waals surface area contributed by atoms with Crippen LogP contribution in [0.1, 0.15) is 28.3 Å². The van der Waals surface area contributed by atoms with Crippen molar-refractivity contribution in [1.82, 2.24) is 14.8 Å². The molecule has 202 valence electrons. The number of ether oxygens (including phenoxy) is 2. The maximum absolute atomic E-state index is 13.8. The van der Waals surface area contributed by atoms with Gasteiger partial charge in [-0.3, -0.25) is 9.59 Å². The van der Waals surface area contributed by atoms with Crippen LogP contribution >= 0.6 is 0 Å². The average molecular weight is 535 g/mol. The monoisotopic (exact) mass is 534 g/mol. The molecule has 2 aliphatic heterocycles. The molecule has 4 rings (SSSR count). The third-order valence-corrected chi connectivity index (χ3v) is 6.64. The Labute approximate surface area is 216 Å². The van der Waals surface area contributed by atoms with Gasteiger partial charge in [-0.05, 0) is 30.2 Å². The number of carbonyl (C=O) groups is 2. The molecule has 1 unspecified atom stereocenters. The number of pyridine rings is 1. The number of alkyl halides is 3. The number of halogens is 4. The van der Waals surface area contributed by atoms with Crippen molar-refractivity contribution in [3.05, 3.63) is 76.9 Å². The second-order valence-electron chi connectivity index (χ2n) is 8.96. The molecule has 38 heavy (non-hydrogen) atoms. The van der Waals surface area contributed by atoms with E-state index in [1.807, 2.05) is 0 Å². The molecule has 0 aliphatic carbocycles. The average Bonchev–Trinajstić information content (AvgIpc) is 2.91. The van der Waals surface area contributed by atoms with E-state index >= 15 is 0 Å². The molecule has 0 radical (unpaired) electrons. The highest BCUT2D eigenvalue weighted by Gasteiger charge is 2.43. The Morgan fingerprint density at radius 2 is 1.82 bits per heavy atom. The van der Waals surface area contributed by atoms with Gasteiger partial charge < -0.3 is 25.0 Å². The van der Waals surface area contributed by atoms with Gasteiger partial charge in [0, 0.05) is 43.9 Å². The van der Waals surface area contributed by atoms with Crippen molar-refractivity contribution < 1.29 is 36.6 Å². The van der Waals surface area contributed by atoms with Crippen LogP contribution in [0.25, 0.3) is 0 Å². The summed E-state index contributed by atoms with van der Waals surface area (Å²) in [5, 5.41) is 0. The second kappa shape index (κ2) is 10.7. The fourth-order valence-electron chi connectivity index (χ4n) is 4.92. The van der Waals surface area contributed by atoms with Gasteiger partial charge in [0.1, 0.15) is 11.5 Å². The topological polar surface area (TPSA) is 98.0 Å². The van der Waals surface area contributed by atoms with E-state index in [9.17, 15) is 27.2 Å². The zero-order valence-electron chi connectivity index (χ0n) is 20.7. The highest BCUT2D eigenvalue weighted by Crippen LogP contribution is 2.37. The van der Waals surface area contributed by atoms with Gasteiger partial charge in [-0.15, -0.1) is 0 Å². The molecule has 1 aromatic heterocycles. The Hall–Kier alpha value is -4.09. The normalized spacial score (nSPS) is 19.9. The molecule has 0 spiro atoms. The van der Waals surface area contributed by atoms with E-state index in [0.717, 1.165) is 6.08 Å². The van der Waals surface area contributed by atoms with Crippen molar-refractivity contribution in [3.63, 3.8) is 0 Å². The third-order valence-electron chi connectivity index (χ3n) is 6.64. The van der Waals surface area contributed by atoms with Crippen LogP contribution in [-0.2, 0) is 4.79 Å². The summed E-state index contributed by atoms with van der Waals surface area (Å²) in [6, 6.07) is 6.48. The molecule has 3 heterocycles. The van der Waals surface area contributed by atoms with Crippen LogP contribution in [0.2, 0.25) is 0 Å². The fraction of sp³-hybridized carbons (Fsp3) is 0.346. The molecule has 1 fully saturated rings. The Morgan fingerprint density at radius 1 is 1.11 bits per heavy atom. The number of rotatable bonds is 6. The summed E-state index contributed by atoms with van der Waals surface area (Å²) in [6.45, 7) is 0.222. The number of allylic oxidation sites excluding steroid dienone is 2. The highest BCUT2D eigenvalue weighted by atomic mass is 19.4. The van der Waals surface area contributed by atoms with Crippen LogP contribution in [0.3, 0.4) is 0 Å². The van der Waals surface area contributed by atoms with Gasteiger partial charge in [0.2, 0.25) is 0 Å². The van der Waals surface area contributed by atoms with E-state index in [4.69, 9.17) is 15.2 Å². The first-order valence-corrected chi connectivity index (χ1v) is 11.7. The van der Waals surface area contributed by atoms with E-state index in [-0.39, 0.29) is 42.7 Å². The number of piperidine rings is 1. The molecular formula is C26H26F4N4O4. The number of carbonyl (C=O) groups excluding carboxylic acids is 2. The van der Waals surface area contributed by atoms with E-state index in [1.165, 1.54) is 54.5 Å². The number of hydrogen-bond donors (Lipinski definition) is 1. The number of benzene rings is 1. The van der Waals surface area contributed by atoms with E-state index in [1.54, 1.807) is 12.1 Å². The van der Waals surface area contributed by atoms with Gasteiger partial charge in [-0.25, -0.2) is 9.37 Å². The SMILES string of the molecule is COc1cc(C(=O)N2CC(N3CC=CC(C(F)(F)F)=C3C(N)=O)C[C@H](c3ccc(F)cc3)C2)cnc1OC. The van der Waals surface area contributed by atoms with Crippen molar-refractivity contribution in [2.45, 2.75) is 24.6 Å². The molecule has 2 amide bonds. The van der Waals surface area contributed by atoms with Crippen LogP contribution < -0.4 is 15.2 Å². The van der Waals surface area contributed by atoms with E-state index < -0.39 is 41.1 Å². The molecule has 8 nitrogen and oxygen atoms in total. The van der Waals surface area contributed by atoms with Gasteiger partial charge >= 0.3 is 6.18 Å². The molecule has 2 N–H and O–H groups in total. The van der Waals surface area contributed by atoms with Crippen LogP contribution in [0.5, 0.6) is 11.6 Å². The summed E-state index contributed by atoms with van der Waals surface area (Å²) >= 11 is 0. The zero-order chi connectivity index (χ0) is 27.6. The Bertz CT molecular complexity index is 1280. The summed E-state index contributed by atoms with van der Waals surface area (Å²) in [5.74, 6) is -2.05. The number of aromatic nitrogens is 1. The molecule has 1 aromatic carbocycles. The predicted octanol–water partition coefficient (Wildman–Crippen LogP) is 3.41. The first kappa shape index (κ1) is 27.0. The van der Waals surface area contributed by atoms with Crippen molar-refractivity contribution in [2.24, 2.45) is 5.73 Å². The quantitative estimate of drug-likeness (QED) is 0.571. The lowest BCUT2D eigenvalue weighted by molar-refractivity contribution is -0.119. The lowest BCUT2D eigenvalue weighted by Crippen LogP contribution is -2.54. The number of primary amides is 1. The molecule has 12 heteroatoms. The van der Waals surface area contributed by atoms with Crippen LogP contribution in [-0.4, -0.2) is 72.7 Å². The Kier molecular flexibility index (Phi) is 7.61. The molecule has 1 saturated heterocycles. The molecule has 2 aromatic rings. The first-order chi connectivity index (χ1) is 18.0. The Morgan fingerprint density at radius 3 is 2.42 bits per heavy atom. The van der Waals surface area contributed by atoms with Gasteiger partial charge in [-0.2, -0.15) is 13.2 Å². The van der Waals surface area contributed by atoms with Crippen molar-refractivity contribution in [2.75, 3.05) is 33.9 Å². The molecule has 2 aliphatic rings. The van der Waals surface area contributed by atoms with Crippen molar-refractivity contribution in [3.8, 4) is 11.6 Å². The van der Waals surface area contributed by atoms with E-state index in [0.29, 0.717) is 12.0 Å². The van der Waals surface area contributed by atoms with Gasteiger partial charge in [0.15, 0.2) is 5.75 Å². The maximum atomic E-state index is 13.8. The van der Waals surface area contributed by atoms with Gasteiger partial charge in [0.25, 0.3) is 17.7 Å². The van der Waals surface area contributed by atoms with E-state index in [2.05, 4.69) is 4.98 Å². The lowest BCUT2D eigenvalue weighted by Gasteiger charge is -2.45. The van der Waals surface area contributed by atoms with Crippen LogP contribution in [0.15, 0.2) is 60.0 Å². The van der Waals surface area contributed by atoms with Crippen LogP contribution in [0, 0.1) is 5.82 Å². The fourth-order valence-corrected chi connectivity index (χ4v) is 4.92. The number of nitrogens with two attached hydrogens (primary N) is 1. The zero-order valence-corrected chi connectivity index (χ0v) is 20.7. The number of amides is 2. The summed E-state index contributed by atoms with van der Waals surface area (Å²) in [7, 11) is 2.80. The minimum Gasteiger partial charge on any atom is -0.491 e. The largest absolute Gasteiger partial charge is 0.491 e. The first-order valence-electron chi connectivity index (χ1n) is 11.7. The highest BCUT2D eigenvalue weighted by molar-refractivity contribution is 5.95. The smallest absolute Gasteiger partial charge is 0.418 e. The van der Waals surface area contributed by atoms with Crippen LogP contribution in [0.4, 0.5) is 17.6 Å². The number of hydrogen-bond acceptors (Lipinski definition) is 6. The molecule has 0 saturated carbocycles. The number of nitrogens with zero attached hydrogens (tertiary/aromatic N) is 3. The maximum Gasteiger partial charge on any atom is 0.418 e. The Balaban J connectivity index is 1.73. The predicted molar refractivity (Wildman–Crippen MR) is 129 cm³/mol.